The Balaban J connectivity index is 2.16. The molecule has 1 heterocycles. The summed E-state index contributed by atoms with van der Waals surface area (Å²) in [5.74, 6) is -1.44. The molecule has 5 nitrogen and oxygen atoms in total. The molecular weight excluding hydrogens is 433 g/mol. The number of benzene rings is 2. The molecule has 7 heteroatoms. The van der Waals surface area contributed by atoms with E-state index in [4.69, 9.17) is 21.7 Å². The summed E-state index contributed by atoms with van der Waals surface area (Å²) in [5, 5.41) is 30.3. The minimum atomic E-state index is -1.16. The number of hydrogen-bond donors (Lipinski definition) is 3. The van der Waals surface area contributed by atoms with Crippen LogP contribution in [0.1, 0.15) is 43.9 Å². The van der Waals surface area contributed by atoms with Crippen LogP contribution in [0, 0.1) is 5.82 Å². The molecule has 0 aliphatic rings. The van der Waals surface area contributed by atoms with Gasteiger partial charge in [0.2, 0.25) is 0 Å². The van der Waals surface area contributed by atoms with Crippen LogP contribution in [0.4, 0.5) is 4.39 Å². The van der Waals surface area contributed by atoms with Gasteiger partial charge in [0.1, 0.15) is 5.82 Å². The first kappa shape index (κ1) is 23.9. The Morgan fingerprint density at radius 2 is 1.84 bits per heavy atom. The lowest BCUT2D eigenvalue weighted by Gasteiger charge is -2.18. The van der Waals surface area contributed by atoms with Gasteiger partial charge in [0.15, 0.2) is 0 Å². The van der Waals surface area contributed by atoms with Crippen LogP contribution in [0.15, 0.2) is 48.5 Å². The van der Waals surface area contributed by atoms with Crippen LogP contribution in [-0.2, 0) is 4.79 Å². The van der Waals surface area contributed by atoms with Crippen LogP contribution in [0.5, 0.6) is 0 Å². The van der Waals surface area contributed by atoms with Gasteiger partial charge in [0.05, 0.1) is 29.8 Å². The number of hydrogen-bond acceptors (Lipinski definition) is 4. The van der Waals surface area contributed by atoms with Crippen LogP contribution in [0.3, 0.4) is 0 Å². The van der Waals surface area contributed by atoms with Gasteiger partial charge in [-0.3, -0.25) is 9.78 Å². The number of carbonyl (C=O) groups is 1. The van der Waals surface area contributed by atoms with Gasteiger partial charge in [-0.15, -0.1) is 0 Å². The molecule has 32 heavy (non-hydrogen) atoms. The second-order valence-corrected chi connectivity index (χ2v) is 8.46. The lowest BCUT2D eigenvalue weighted by Crippen LogP contribution is -2.19. The van der Waals surface area contributed by atoms with Crippen molar-refractivity contribution in [1.29, 1.82) is 0 Å². The van der Waals surface area contributed by atoms with E-state index in [9.17, 15) is 19.4 Å². The molecule has 0 saturated heterocycles. The molecular formula is C25H25ClFNO4. The van der Waals surface area contributed by atoms with Crippen molar-refractivity contribution in [1.82, 2.24) is 4.98 Å². The Labute approximate surface area is 190 Å². The monoisotopic (exact) mass is 457 g/mol. The molecule has 3 aromatic rings. The fourth-order valence-electron chi connectivity index (χ4n) is 3.66. The quantitative estimate of drug-likeness (QED) is 0.420. The Bertz CT molecular complexity index is 1140. The van der Waals surface area contributed by atoms with Crippen molar-refractivity contribution in [2.45, 2.75) is 44.8 Å². The predicted molar refractivity (Wildman–Crippen MR) is 124 cm³/mol. The maximum Gasteiger partial charge on any atom is 0.305 e. The lowest BCUT2D eigenvalue weighted by atomic mass is 9.90. The number of halogens is 2. The molecule has 0 spiro atoms. The highest BCUT2D eigenvalue weighted by Gasteiger charge is 2.19. The highest BCUT2D eigenvalue weighted by molar-refractivity contribution is 6.31. The number of rotatable bonds is 8. The summed E-state index contributed by atoms with van der Waals surface area (Å²) in [5.41, 5.74) is 3.84. The highest BCUT2D eigenvalue weighted by atomic mass is 35.5. The predicted octanol–water partition coefficient (Wildman–Crippen LogP) is 5.42. The number of carboxylic acid groups (broad SMARTS) is 1. The van der Waals surface area contributed by atoms with E-state index < -0.39 is 24.6 Å². The molecule has 0 saturated carbocycles. The molecule has 0 aliphatic carbocycles. The number of aliphatic hydroxyl groups is 2. The zero-order valence-corrected chi connectivity index (χ0v) is 18.6. The van der Waals surface area contributed by atoms with E-state index in [1.807, 2.05) is 19.9 Å². The number of pyridine rings is 1. The molecule has 0 radical (unpaired) electrons. The lowest BCUT2D eigenvalue weighted by molar-refractivity contribution is -0.139. The third-order valence-electron chi connectivity index (χ3n) is 5.10. The third-order valence-corrected chi connectivity index (χ3v) is 5.34. The fraction of sp³-hybridized carbons (Fsp3) is 0.280. The molecule has 2 atom stereocenters. The first-order valence-corrected chi connectivity index (χ1v) is 10.7. The SMILES string of the molecule is CC(C)c1nc2ccc(Cl)cc2c(-c2ccc(F)cc2)c1/C=C/C(O)CC(O)CC(=O)O. The van der Waals surface area contributed by atoms with E-state index in [0.717, 1.165) is 33.3 Å². The van der Waals surface area contributed by atoms with Crippen LogP contribution >= 0.6 is 11.6 Å². The molecule has 168 valence electrons. The average molecular weight is 458 g/mol. The number of aromatic nitrogens is 1. The number of fused-ring (bicyclic) bond motifs is 1. The van der Waals surface area contributed by atoms with E-state index in [2.05, 4.69) is 0 Å². The smallest absolute Gasteiger partial charge is 0.305 e. The number of nitrogens with zero attached hydrogens (tertiary/aromatic N) is 1. The summed E-state index contributed by atoms with van der Waals surface area (Å²) >= 11 is 6.26. The summed E-state index contributed by atoms with van der Waals surface area (Å²) < 4.78 is 13.6. The molecule has 0 aliphatic heterocycles. The van der Waals surface area contributed by atoms with Gasteiger partial charge in [-0.2, -0.15) is 0 Å². The van der Waals surface area contributed by atoms with Gasteiger partial charge >= 0.3 is 5.97 Å². The van der Waals surface area contributed by atoms with Gasteiger partial charge in [0.25, 0.3) is 0 Å². The first-order chi connectivity index (χ1) is 15.2. The molecule has 0 fully saturated rings. The van der Waals surface area contributed by atoms with E-state index in [-0.39, 0.29) is 18.2 Å². The Hall–Kier alpha value is -2.80. The van der Waals surface area contributed by atoms with E-state index in [0.29, 0.717) is 5.02 Å². The maximum absolute atomic E-state index is 13.6. The van der Waals surface area contributed by atoms with Gasteiger partial charge < -0.3 is 15.3 Å². The summed E-state index contributed by atoms with van der Waals surface area (Å²) in [6.45, 7) is 4.01. The van der Waals surface area contributed by atoms with Crippen LogP contribution < -0.4 is 0 Å². The second-order valence-electron chi connectivity index (χ2n) is 8.02. The number of aliphatic hydroxyl groups excluding tert-OH is 2. The largest absolute Gasteiger partial charge is 0.481 e. The van der Waals surface area contributed by atoms with Crippen molar-refractivity contribution < 1.29 is 24.5 Å². The van der Waals surface area contributed by atoms with Crippen molar-refractivity contribution in [3.05, 3.63) is 70.6 Å². The second kappa shape index (κ2) is 10.2. The molecule has 2 aromatic carbocycles. The summed E-state index contributed by atoms with van der Waals surface area (Å²) in [6.07, 6.45) is 0.455. The minimum absolute atomic E-state index is 0.0451. The molecule has 0 bridgehead atoms. The molecule has 1 aromatic heterocycles. The van der Waals surface area contributed by atoms with Crippen molar-refractivity contribution >= 4 is 34.5 Å². The highest BCUT2D eigenvalue weighted by Crippen LogP contribution is 2.37. The maximum atomic E-state index is 13.6. The zero-order valence-electron chi connectivity index (χ0n) is 17.8. The fourth-order valence-corrected chi connectivity index (χ4v) is 3.83. The first-order valence-electron chi connectivity index (χ1n) is 10.3. The van der Waals surface area contributed by atoms with Crippen molar-refractivity contribution in [2.24, 2.45) is 0 Å². The summed E-state index contributed by atoms with van der Waals surface area (Å²) in [7, 11) is 0. The normalized spacial score (nSPS) is 13.7. The van der Waals surface area contributed by atoms with E-state index >= 15 is 0 Å². The van der Waals surface area contributed by atoms with Gasteiger partial charge in [-0.1, -0.05) is 49.7 Å². The average Bonchev–Trinajstić information content (AvgIpc) is 2.71. The van der Waals surface area contributed by atoms with E-state index in [1.165, 1.54) is 18.2 Å². The third kappa shape index (κ3) is 5.71. The topological polar surface area (TPSA) is 90.7 Å². The van der Waals surface area contributed by atoms with Crippen LogP contribution in [0.2, 0.25) is 5.02 Å². The van der Waals surface area contributed by atoms with Crippen LogP contribution in [0.25, 0.3) is 28.1 Å². The van der Waals surface area contributed by atoms with Gasteiger partial charge in [-0.25, -0.2) is 4.39 Å². The van der Waals surface area contributed by atoms with Crippen molar-refractivity contribution in [3.8, 4) is 11.1 Å². The zero-order chi connectivity index (χ0) is 23.4. The summed E-state index contributed by atoms with van der Waals surface area (Å²) in [6, 6.07) is 11.5. The molecule has 3 N–H and O–H groups in total. The van der Waals surface area contributed by atoms with Gasteiger partial charge in [-0.05, 0) is 41.8 Å². The summed E-state index contributed by atoms with van der Waals surface area (Å²) in [4.78, 5) is 15.6. The van der Waals surface area contributed by atoms with E-state index in [1.54, 1.807) is 30.3 Å². The van der Waals surface area contributed by atoms with Gasteiger partial charge in [0, 0.05) is 28.0 Å². The van der Waals surface area contributed by atoms with Crippen LogP contribution in [-0.4, -0.2) is 38.5 Å². The number of aliphatic carboxylic acids is 1. The molecule has 0 amide bonds. The number of carboxylic acids is 1. The Morgan fingerprint density at radius 3 is 2.47 bits per heavy atom. The van der Waals surface area contributed by atoms with Crippen molar-refractivity contribution in [3.63, 3.8) is 0 Å². The Morgan fingerprint density at radius 1 is 1.16 bits per heavy atom. The molecule has 3 rings (SSSR count). The van der Waals surface area contributed by atoms with Crippen molar-refractivity contribution in [2.75, 3.05) is 0 Å². The Kier molecular flexibility index (Phi) is 7.61. The minimum Gasteiger partial charge on any atom is -0.481 e. The standard InChI is InChI=1S/C25H25ClFNO4/c1-14(2)25-20(9-8-18(29)12-19(30)13-23(31)32)24(15-3-6-17(27)7-4-15)21-11-16(26)5-10-22(21)28-25/h3-11,14,18-19,29-30H,12-13H2,1-2H3,(H,31,32)/b9-8+. The molecule has 2 unspecified atom stereocenters.